The highest BCUT2D eigenvalue weighted by molar-refractivity contribution is 5.84. The van der Waals surface area contributed by atoms with Crippen molar-refractivity contribution < 1.29 is 23.0 Å². The molecule has 2 aliphatic rings. The molecule has 2 aromatic heterocycles. The van der Waals surface area contributed by atoms with Gasteiger partial charge in [-0.3, -0.25) is 9.48 Å². The van der Waals surface area contributed by atoms with Crippen LogP contribution in [0.2, 0.25) is 0 Å². The molecule has 1 atom stereocenters. The zero-order chi connectivity index (χ0) is 29.6. The van der Waals surface area contributed by atoms with Crippen molar-refractivity contribution in [3.63, 3.8) is 0 Å². The zero-order valence-corrected chi connectivity index (χ0v) is 23.7. The van der Waals surface area contributed by atoms with Crippen LogP contribution in [0.5, 0.6) is 5.75 Å². The van der Waals surface area contributed by atoms with Gasteiger partial charge in [-0.1, -0.05) is 24.3 Å². The molecule has 1 amide bonds. The van der Waals surface area contributed by atoms with Crippen LogP contribution in [0.25, 0.3) is 22.0 Å². The maximum Gasteiger partial charge on any atom is 0.410 e. The summed E-state index contributed by atoms with van der Waals surface area (Å²) in [4.78, 5) is 38.5. The number of fused-ring (bicyclic) bond motifs is 3. The molecule has 10 nitrogen and oxygen atoms in total. The van der Waals surface area contributed by atoms with Crippen molar-refractivity contribution in [1.29, 1.82) is 0 Å². The van der Waals surface area contributed by atoms with Gasteiger partial charge in [0.1, 0.15) is 11.4 Å². The Kier molecular flexibility index (Phi) is 7.07. The number of hydrogen-bond donors (Lipinski definition) is 0. The number of halogens is 2. The van der Waals surface area contributed by atoms with E-state index in [0.29, 0.717) is 61.6 Å². The molecule has 220 valence electrons. The van der Waals surface area contributed by atoms with Crippen molar-refractivity contribution >= 4 is 22.9 Å². The molecule has 12 heteroatoms. The third-order valence-electron chi connectivity index (χ3n) is 7.56. The number of carbonyl (C=O) groups excluding carboxylic acids is 1. The summed E-state index contributed by atoms with van der Waals surface area (Å²) in [6.07, 6.45) is 3.74. The van der Waals surface area contributed by atoms with Crippen molar-refractivity contribution in [2.45, 2.75) is 52.0 Å². The number of carbonyl (C=O) groups is 1. The van der Waals surface area contributed by atoms with E-state index in [1.165, 1.54) is 6.07 Å². The molecular formula is C30H32F2N6O4. The van der Waals surface area contributed by atoms with Crippen LogP contribution >= 0.6 is 0 Å². The van der Waals surface area contributed by atoms with Gasteiger partial charge in [0.05, 0.1) is 16.9 Å². The summed E-state index contributed by atoms with van der Waals surface area (Å²) in [5.41, 5.74) is 2.24. The van der Waals surface area contributed by atoms with E-state index in [-0.39, 0.29) is 23.4 Å². The molecule has 0 spiro atoms. The van der Waals surface area contributed by atoms with E-state index in [4.69, 9.17) is 9.47 Å². The van der Waals surface area contributed by atoms with Gasteiger partial charge in [-0.15, -0.1) is 0 Å². The lowest BCUT2D eigenvalue weighted by Gasteiger charge is -2.35. The number of ether oxygens (including phenoxy) is 2. The second-order valence-electron chi connectivity index (χ2n) is 11.5. The van der Waals surface area contributed by atoms with Gasteiger partial charge in [0.25, 0.3) is 5.56 Å². The maximum atomic E-state index is 13.2. The summed E-state index contributed by atoms with van der Waals surface area (Å²) in [6, 6.07) is 11.9. The van der Waals surface area contributed by atoms with Crippen molar-refractivity contribution in [2.75, 3.05) is 31.1 Å². The topological polar surface area (TPSA) is 94.7 Å². The summed E-state index contributed by atoms with van der Waals surface area (Å²) in [7, 11) is 0. The molecule has 0 bridgehead atoms. The Bertz CT molecular complexity index is 1670. The Labute approximate surface area is 241 Å². The first kappa shape index (κ1) is 27.7. The lowest BCUT2D eigenvalue weighted by atomic mass is 10.0. The molecule has 0 N–H and O–H groups in total. The van der Waals surface area contributed by atoms with Gasteiger partial charge >= 0.3 is 12.7 Å². The summed E-state index contributed by atoms with van der Waals surface area (Å²) in [6.45, 7) is 5.26. The Morgan fingerprint density at radius 2 is 1.69 bits per heavy atom. The average molecular weight is 579 g/mol. The van der Waals surface area contributed by atoms with Gasteiger partial charge in [-0.2, -0.15) is 8.78 Å². The first-order chi connectivity index (χ1) is 20.1. The summed E-state index contributed by atoms with van der Waals surface area (Å²) >= 11 is 0. The molecule has 4 heterocycles. The number of hydrogen-bond acceptors (Lipinski definition) is 7. The number of amides is 1. The van der Waals surface area contributed by atoms with E-state index >= 15 is 0 Å². The van der Waals surface area contributed by atoms with Crippen LogP contribution in [0.3, 0.4) is 0 Å². The number of alkyl halides is 2. The Morgan fingerprint density at radius 1 is 0.976 bits per heavy atom. The van der Waals surface area contributed by atoms with E-state index in [9.17, 15) is 18.4 Å². The van der Waals surface area contributed by atoms with Crippen LogP contribution in [0.1, 0.15) is 38.8 Å². The van der Waals surface area contributed by atoms with Gasteiger partial charge in [-0.05, 0) is 51.0 Å². The lowest BCUT2D eigenvalue weighted by Crippen LogP contribution is -2.50. The van der Waals surface area contributed by atoms with Crippen molar-refractivity contribution in [3.8, 4) is 16.9 Å². The molecule has 0 saturated carbocycles. The van der Waals surface area contributed by atoms with Crippen molar-refractivity contribution in [3.05, 3.63) is 70.8 Å². The molecule has 1 fully saturated rings. The molecule has 6 rings (SSSR count). The Balaban J connectivity index is 1.24. The highest BCUT2D eigenvalue weighted by Gasteiger charge is 2.31. The molecule has 0 aliphatic carbocycles. The molecule has 2 aliphatic heterocycles. The summed E-state index contributed by atoms with van der Waals surface area (Å²) < 4.78 is 40.0. The fraction of sp³-hybridized carbons (Fsp3) is 0.400. The van der Waals surface area contributed by atoms with Crippen LogP contribution in [0.15, 0.2) is 59.7 Å². The molecule has 1 unspecified atom stereocenters. The van der Waals surface area contributed by atoms with Crippen LogP contribution in [0.4, 0.5) is 19.5 Å². The standard InChI is InChI=1S/C30H32F2N6O4/c1-30(2,3)42-29(40)36-14-12-35(13-15-36)28-33-17-20(18-34-28)19-8-9-22-24(16-19)38-23(10-11-37(38)26(22)39)21-6-4-5-7-25(21)41-27(31)32/h4-9,16-18,23,27H,10-15H2,1-3H3. The molecule has 42 heavy (non-hydrogen) atoms. The molecular weight excluding hydrogens is 546 g/mol. The monoisotopic (exact) mass is 578 g/mol. The highest BCUT2D eigenvalue weighted by Crippen LogP contribution is 2.37. The quantitative estimate of drug-likeness (QED) is 0.332. The number of anilines is 1. The van der Waals surface area contributed by atoms with Gasteiger partial charge in [0, 0.05) is 56.2 Å². The minimum Gasteiger partial charge on any atom is -0.444 e. The van der Waals surface area contributed by atoms with Gasteiger partial charge in [-0.25, -0.2) is 19.4 Å². The van der Waals surface area contributed by atoms with E-state index in [0.717, 1.165) is 11.1 Å². The van der Waals surface area contributed by atoms with Gasteiger partial charge in [0.2, 0.25) is 5.95 Å². The summed E-state index contributed by atoms with van der Waals surface area (Å²) in [5.74, 6) is 0.674. The number of benzene rings is 2. The number of piperazine rings is 1. The van der Waals surface area contributed by atoms with Crippen LogP contribution in [0, 0.1) is 0 Å². The fourth-order valence-electron chi connectivity index (χ4n) is 5.66. The van der Waals surface area contributed by atoms with Crippen molar-refractivity contribution in [1.82, 2.24) is 24.2 Å². The highest BCUT2D eigenvalue weighted by atomic mass is 19.3. The van der Waals surface area contributed by atoms with Gasteiger partial charge in [0.15, 0.2) is 0 Å². The molecule has 0 radical (unpaired) electrons. The Morgan fingerprint density at radius 3 is 2.38 bits per heavy atom. The number of nitrogens with zero attached hydrogens (tertiary/aromatic N) is 6. The largest absolute Gasteiger partial charge is 0.444 e. The van der Waals surface area contributed by atoms with E-state index in [1.807, 2.05) is 42.5 Å². The van der Waals surface area contributed by atoms with Gasteiger partial charge < -0.3 is 19.3 Å². The average Bonchev–Trinajstić information content (AvgIpc) is 3.51. The summed E-state index contributed by atoms with van der Waals surface area (Å²) in [5, 5.41) is 0.552. The van der Waals surface area contributed by atoms with E-state index < -0.39 is 12.2 Å². The first-order valence-corrected chi connectivity index (χ1v) is 13.9. The Hall–Kier alpha value is -4.48. The molecule has 2 aromatic carbocycles. The fourth-order valence-corrected chi connectivity index (χ4v) is 5.66. The van der Waals surface area contributed by atoms with E-state index in [1.54, 1.807) is 46.2 Å². The SMILES string of the molecule is CC(C)(C)OC(=O)N1CCN(c2ncc(-c3ccc4c(=O)n5n(c4c3)C(c3ccccc3OC(F)F)CC5)cn2)CC1. The normalized spacial score (nSPS) is 17.1. The first-order valence-electron chi connectivity index (χ1n) is 13.9. The van der Waals surface area contributed by atoms with Crippen molar-refractivity contribution in [2.24, 2.45) is 0 Å². The van der Waals surface area contributed by atoms with Crippen LogP contribution in [-0.4, -0.2) is 68.7 Å². The second kappa shape index (κ2) is 10.7. The predicted molar refractivity (Wildman–Crippen MR) is 153 cm³/mol. The third-order valence-corrected chi connectivity index (χ3v) is 7.56. The molecule has 1 saturated heterocycles. The lowest BCUT2D eigenvalue weighted by molar-refractivity contribution is -0.0507. The number of aromatic nitrogens is 4. The second-order valence-corrected chi connectivity index (χ2v) is 11.5. The zero-order valence-electron chi connectivity index (χ0n) is 23.7. The number of para-hydroxylation sites is 1. The van der Waals surface area contributed by atoms with Crippen LogP contribution in [-0.2, 0) is 11.3 Å². The third kappa shape index (κ3) is 5.28. The molecule has 4 aromatic rings. The number of rotatable bonds is 5. The predicted octanol–water partition coefficient (Wildman–Crippen LogP) is 4.91. The minimum atomic E-state index is -2.94. The van der Waals surface area contributed by atoms with E-state index in [2.05, 4.69) is 9.97 Å². The minimum absolute atomic E-state index is 0.104. The van der Waals surface area contributed by atoms with Crippen LogP contribution < -0.4 is 15.2 Å². The maximum absolute atomic E-state index is 13.2. The smallest absolute Gasteiger partial charge is 0.410 e.